The molecule has 0 unspecified atom stereocenters. The number of hydrogen-bond donors (Lipinski definition) is 0. The van der Waals surface area contributed by atoms with Crippen LogP contribution in [0.5, 0.6) is 0 Å². The van der Waals surface area contributed by atoms with Crippen molar-refractivity contribution in [3.8, 4) is 11.1 Å². The Balaban J connectivity index is 0.937. The van der Waals surface area contributed by atoms with Crippen molar-refractivity contribution in [2.24, 2.45) is 46.3 Å². The zero-order valence-corrected chi connectivity index (χ0v) is 39.2. The molecule has 64 heavy (non-hydrogen) atoms. The summed E-state index contributed by atoms with van der Waals surface area (Å²) in [5, 5.41) is 6.74. The molecule has 0 N–H and O–H groups in total. The highest BCUT2D eigenvalue weighted by molar-refractivity contribution is 6.26. The Hall–Kier alpha value is -4.97. The number of fused-ring (bicyclic) bond motifs is 6. The molecule has 4 saturated carbocycles. The van der Waals surface area contributed by atoms with Crippen LogP contribution in [0.2, 0.25) is 0 Å². The summed E-state index contributed by atoms with van der Waals surface area (Å²) in [6, 6.07) is 27.7. The number of hydrogen-bond acceptors (Lipinski definition) is 6. The molecule has 334 valence electrons. The highest BCUT2D eigenvalue weighted by Crippen LogP contribution is 2.69. The SMILES string of the molecule is COC(=O)CC[C@@H](C)[C@H]1CC[C@H]2[C@@H]3CC[C@@H]4C[C@H](OC(=O)c5cc(C)c6cc(C(C)C)ccc(C)c5-6)CC[C@]4(C)[C@H]3C[C@H](OC(=O)c3ccc4ccc5cccc6ccc3c4c56)[C@]12C. The third kappa shape index (κ3) is 6.82. The molecule has 6 aliphatic carbocycles. The van der Waals surface area contributed by atoms with Crippen molar-refractivity contribution in [2.45, 2.75) is 131 Å². The Kier molecular flexibility index (Phi) is 10.9. The molecule has 6 heteroatoms. The largest absolute Gasteiger partial charge is 0.469 e. The molecule has 4 aromatic rings. The van der Waals surface area contributed by atoms with E-state index in [4.69, 9.17) is 14.2 Å². The Morgan fingerprint density at radius 3 is 2.19 bits per heavy atom. The second kappa shape index (κ2) is 16.2. The normalized spacial score (nSPS) is 29.4. The summed E-state index contributed by atoms with van der Waals surface area (Å²) in [5.74, 6) is 2.15. The van der Waals surface area contributed by atoms with E-state index in [1.807, 2.05) is 12.1 Å². The molecule has 0 aromatic heterocycles. The van der Waals surface area contributed by atoms with Gasteiger partial charge in [0.25, 0.3) is 0 Å². The summed E-state index contributed by atoms with van der Waals surface area (Å²) in [6.45, 7) is 15.9. The van der Waals surface area contributed by atoms with E-state index in [2.05, 4.69) is 115 Å². The Bertz CT molecular complexity index is 2730. The van der Waals surface area contributed by atoms with Crippen molar-refractivity contribution >= 4 is 50.2 Å². The van der Waals surface area contributed by atoms with Crippen LogP contribution in [0.15, 0.2) is 78.9 Å². The van der Waals surface area contributed by atoms with Gasteiger partial charge in [0.15, 0.2) is 0 Å². The first-order chi connectivity index (χ1) is 30.7. The van der Waals surface area contributed by atoms with E-state index in [1.54, 1.807) is 0 Å². The van der Waals surface area contributed by atoms with Crippen molar-refractivity contribution in [1.82, 2.24) is 0 Å². The molecule has 4 fully saturated rings. The Labute approximate surface area is 379 Å². The van der Waals surface area contributed by atoms with Crippen molar-refractivity contribution < 1.29 is 28.6 Å². The van der Waals surface area contributed by atoms with Crippen LogP contribution in [-0.2, 0) is 19.0 Å². The van der Waals surface area contributed by atoms with Crippen LogP contribution in [0, 0.1) is 60.2 Å². The molecular weight excluding hydrogens is 793 g/mol. The monoisotopic (exact) mass is 858 g/mol. The quantitative estimate of drug-likeness (QED) is 0.0819. The minimum atomic E-state index is -0.265. The van der Waals surface area contributed by atoms with Gasteiger partial charge in [-0.1, -0.05) is 101 Å². The molecule has 4 aromatic carbocycles. The number of carbonyl (C=O) groups is 3. The number of aryl methyl sites for hydroxylation is 2. The molecule has 0 amide bonds. The topological polar surface area (TPSA) is 78.9 Å². The molecule has 10 atom stereocenters. The fraction of sp³-hybridized carbons (Fsp3) is 0.500. The maximum atomic E-state index is 14.9. The Morgan fingerprint density at radius 1 is 0.719 bits per heavy atom. The van der Waals surface area contributed by atoms with Crippen LogP contribution in [0.1, 0.15) is 142 Å². The van der Waals surface area contributed by atoms with Gasteiger partial charge in [0.1, 0.15) is 12.2 Å². The minimum Gasteiger partial charge on any atom is -0.469 e. The standard InChI is InChI=1S/C58H66O6/c1-32(2)39-14-12-34(4)52-45(29-39)35(5)28-46(52)56(61)63-41-26-27-57(6)40(30-41)19-22-44-48-24-23-47(33(3)13-25-51(59)62-8)58(48,7)50(31-49(44)57)64-55(60)43-21-18-38-16-15-36-10-9-11-37-17-20-42(43)54(38)53(36)37/h9-12,14-18,20-21,28-29,32-33,40-41,44,47-50H,13,19,22-27,30-31H2,1-8H3/t33-,40-,41-,44+,47-,48+,49+,50+,57+,58-/m1/s1. The van der Waals surface area contributed by atoms with Crippen molar-refractivity contribution in [2.75, 3.05) is 7.11 Å². The van der Waals surface area contributed by atoms with E-state index < -0.39 is 0 Å². The molecule has 6 nitrogen and oxygen atoms in total. The van der Waals surface area contributed by atoms with Gasteiger partial charge in [-0.05, 0) is 191 Å². The van der Waals surface area contributed by atoms with Gasteiger partial charge in [-0.15, -0.1) is 0 Å². The third-order valence-corrected chi connectivity index (χ3v) is 18.2. The number of ether oxygens (including phenoxy) is 3. The van der Waals surface area contributed by atoms with Crippen molar-refractivity contribution in [1.29, 1.82) is 0 Å². The fourth-order valence-electron chi connectivity index (χ4n) is 14.7. The lowest BCUT2D eigenvalue weighted by atomic mass is 9.43. The summed E-state index contributed by atoms with van der Waals surface area (Å²) in [4.78, 5) is 41.5. The van der Waals surface area contributed by atoms with Crippen LogP contribution in [0.25, 0.3) is 43.4 Å². The molecular formula is C58H66O6. The first-order valence-corrected chi connectivity index (χ1v) is 24.4. The van der Waals surface area contributed by atoms with E-state index >= 15 is 0 Å². The number of methoxy groups -OCH3 is 1. The predicted octanol–water partition coefficient (Wildman–Crippen LogP) is 14.0. The van der Waals surface area contributed by atoms with E-state index in [0.717, 1.165) is 96.2 Å². The number of rotatable bonds is 9. The van der Waals surface area contributed by atoms with E-state index in [-0.39, 0.29) is 46.9 Å². The van der Waals surface area contributed by atoms with E-state index in [9.17, 15) is 14.4 Å². The van der Waals surface area contributed by atoms with Crippen LogP contribution < -0.4 is 0 Å². The smallest absolute Gasteiger partial charge is 0.339 e. The van der Waals surface area contributed by atoms with Gasteiger partial charge in [0.2, 0.25) is 0 Å². The fourth-order valence-corrected chi connectivity index (χ4v) is 14.7. The maximum absolute atomic E-state index is 14.9. The number of carbonyl (C=O) groups excluding carboxylic acids is 3. The molecule has 0 aliphatic heterocycles. The lowest BCUT2D eigenvalue weighted by Crippen LogP contribution is -2.59. The van der Waals surface area contributed by atoms with Gasteiger partial charge in [-0.3, -0.25) is 4.79 Å². The molecule has 10 rings (SSSR count). The Morgan fingerprint density at radius 2 is 1.44 bits per heavy atom. The maximum Gasteiger partial charge on any atom is 0.339 e. The zero-order chi connectivity index (χ0) is 44.8. The molecule has 0 spiro atoms. The van der Waals surface area contributed by atoms with Crippen LogP contribution in [0.3, 0.4) is 0 Å². The summed E-state index contributed by atoms with van der Waals surface area (Å²) < 4.78 is 18.7. The molecule has 0 bridgehead atoms. The van der Waals surface area contributed by atoms with Gasteiger partial charge in [0.05, 0.1) is 18.2 Å². The number of esters is 3. The zero-order valence-electron chi connectivity index (χ0n) is 39.2. The second-order valence-electron chi connectivity index (χ2n) is 21.5. The van der Waals surface area contributed by atoms with Crippen LogP contribution in [-0.4, -0.2) is 37.2 Å². The first-order valence-electron chi connectivity index (χ1n) is 24.4. The van der Waals surface area contributed by atoms with Gasteiger partial charge in [-0.25, -0.2) is 9.59 Å². The highest BCUT2D eigenvalue weighted by atomic mass is 16.5. The van der Waals surface area contributed by atoms with Gasteiger partial charge in [0, 0.05) is 11.8 Å². The second-order valence-corrected chi connectivity index (χ2v) is 21.5. The average molecular weight is 859 g/mol. The summed E-state index contributed by atoms with van der Waals surface area (Å²) in [7, 11) is 1.47. The lowest BCUT2D eigenvalue weighted by molar-refractivity contribution is -0.176. The van der Waals surface area contributed by atoms with E-state index in [1.165, 1.54) is 28.8 Å². The molecule has 0 heterocycles. The molecule has 0 radical (unpaired) electrons. The predicted molar refractivity (Wildman–Crippen MR) is 256 cm³/mol. The van der Waals surface area contributed by atoms with Gasteiger partial charge in [-0.2, -0.15) is 0 Å². The van der Waals surface area contributed by atoms with Crippen molar-refractivity contribution in [3.63, 3.8) is 0 Å². The summed E-state index contributed by atoms with van der Waals surface area (Å²) >= 11 is 0. The molecule has 6 aliphatic rings. The number of benzene rings is 4. The first kappa shape index (κ1) is 43.0. The molecule has 0 saturated heterocycles. The van der Waals surface area contributed by atoms with E-state index in [0.29, 0.717) is 53.1 Å². The minimum absolute atomic E-state index is 0.0422. The average Bonchev–Trinajstić information content (AvgIpc) is 3.76. The summed E-state index contributed by atoms with van der Waals surface area (Å²) in [5.41, 5.74) is 6.76. The van der Waals surface area contributed by atoms with Crippen molar-refractivity contribution in [3.05, 3.63) is 107 Å². The summed E-state index contributed by atoms with van der Waals surface area (Å²) in [6.07, 6.45) is 8.76. The lowest BCUT2D eigenvalue weighted by Gasteiger charge is -2.62. The highest BCUT2D eigenvalue weighted by Gasteiger charge is 2.65. The third-order valence-electron chi connectivity index (χ3n) is 18.2. The van der Waals surface area contributed by atoms with Crippen LogP contribution >= 0.6 is 0 Å². The van der Waals surface area contributed by atoms with Gasteiger partial charge < -0.3 is 14.2 Å². The van der Waals surface area contributed by atoms with Crippen LogP contribution in [0.4, 0.5) is 0 Å². The van der Waals surface area contributed by atoms with Gasteiger partial charge >= 0.3 is 17.9 Å².